The molecule has 0 bridgehead atoms. The van der Waals surface area contributed by atoms with E-state index in [0.717, 1.165) is 33.2 Å². The molecule has 4 heteroatoms. The number of halogens is 2. The summed E-state index contributed by atoms with van der Waals surface area (Å²) in [6.45, 7) is 4.45. The van der Waals surface area contributed by atoms with Crippen molar-refractivity contribution in [3.05, 3.63) is 33.3 Å². The summed E-state index contributed by atoms with van der Waals surface area (Å²) in [6.07, 6.45) is 0.844. The van der Waals surface area contributed by atoms with Gasteiger partial charge < -0.3 is 5.73 Å². The number of nitrogens with two attached hydrogens (primary N) is 1. The van der Waals surface area contributed by atoms with Gasteiger partial charge in [0.1, 0.15) is 0 Å². The Morgan fingerprint density at radius 1 is 1.35 bits per heavy atom. The van der Waals surface area contributed by atoms with Crippen LogP contribution >= 0.6 is 39.3 Å². The molecule has 0 aliphatic rings. The van der Waals surface area contributed by atoms with Gasteiger partial charge >= 0.3 is 0 Å². The van der Waals surface area contributed by atoms with E-state index in [1.165, 1.54) is 5.75 Å². The smallest absolute Gasteiger partial charge is 0.0449 e. The third-order valence-corrected chi connectivity index (χ3v) is 4.69. The number of hydrogen-bond acceptors (Lipinski definition) is 2. The predicted octanol–water partition coefficient (Wildman–Crippen LogP) is 4.36. The molecule has 1 nitrogen and oxygen atoms in total. The summed E-state index contributed by atoms with van der Waals surface area (Å²) in [5.74, 6) is 2.88. The van der Waals surface area contributed by atoms with Gasteiger partial charge in [0.2, 0.25) is 0 Å². The highest BCUT2D eigenvalue weighted by Gasteiger charge is 2.08. The van der Waals surface area contributed by atoms with Gasteiger partial charge in [0, 0.05) is 21.3 Å². The maximum absolute atomic E-state index is 6.17. The van der Waals surface area contributed by atoms with E-state index in [2.05, 4.69) is 29.8 Å². The topological polar surface area (TPSA) is 26.0 Å². The van der Waals surface area contributed by atoms with Gasteiger partial charge in [0.25, 0.3) is 0 Å². The Bertz CT molecular complexity index is 357. The van der Waals surface area contributed by atoms with Crippen LogP contribution in [-0.4, -0.2) is 17.5 Å². The lowest BCUT2D eigenvalue weighted by molar-refractivity contribution is 0.731. The number of rotatable bonds is 6. The molecule has 1 aromatic carbocycles. The molecular formula is C13H19BrClNS. The zero-order valence-electron chi connectivity index (χ0n) is 10.2. The van der Waals surface area contributed by atoms with Crippen molar-refractivity contribution >= 4 is 39.3 Å². The van der Waals surface area contributed by atoms with Gasteiger partial charge in [-0.1, -0.05) is 47.4 Å². The lowest BCUT2D eigenvalue weighted by atomic mass is 10.1. The van der Waals surface area contributed by atoms with Crippen molar-refractivity contribution in [1.82, 2.24) is 0 Å². The summed E-state index contributed by atoms with van der Waals surface area (Å²) in [5, 5.41) is 0.795. The lowest BCUT2D eigenvalue weighted by Gasteiger charge is -2.13. The summed E-state index contributed by atoms with van der Waals surface area (Å²) < 4.78 is 1.01. The summed E-state index contributed by atoms with van der Waals surface area (Å²) in [6, 6.07) is 6.15. The molecule has 0 fully saturated rings. The first-order valence-corrected chi connectivity index (χ1v) is 8.09. The van der Waals surface area contributed by atoms with Gasteiger partial charge in [0.15, 0.2) is 0 Å². The SMILES string of the molecule is CC(C)CSCC(N)Cc1ccc(Br)cc1Cl. The van der Waals surface area contributed by atoms with Crippen LogP contribution in [0.15, 0.2) is 22.7 Å². The van der Waals surface area contributed by atoms with Gasteiger partial charge in [0.05, 0.1) is 0 Å². The van der Waals surface area contributed by atoms with Crippen LogP contribution in [0.4, 0.5) is 0 Å². The monoisotopic (exact) mass is 335 g/mol. The van der Waals surface area contributed by atoms with E-state index in [9.17, 15) is 0 Å². The van der Waals surface area contributed by atoms with E-state index in [1.54, 1.807) is 0 Å². The maximum Gasteiger partial charge on any atom is 0.0449 e. The average Bonchev–Trinajstić information content (AvgIpc) is 2.21. The minimum absolute atomic E-state index is 0.178. The zero-order valence-corrected chi connectivity index (χ0v) is 13.4. The van der Waals surface area contributed by atoms with Crippen LogP contribution in [-0.2, 0) is 6.42 Å². The third-order valence-electron chi connectivity index (χ3n) is 2.28. The first-order valence-electron chi connectivity index (χ1n) is 5.76. The first kappa shape index (κ1) is 15.4. The molecular weight excluding hydrogens is 318 g/mol. The molecule has 1 rings (SSSR count). The van der Waals surface area contributed by atoms with E-state index < -0.39 is 0 Å². The van der Waals surface area contributed by atoms with Crippen molar-refractivity contribution in [2.75, 3.05) is 11.5 Å². The fourth-order valence-corrected chi connectivity index (χ4v) is 3.26. The largest absolute Gasteiger partial charge is 0.327 e. The van der Waals surface area contributed by atoms with Crippen LogP contribution in [0.2, 0.25) is 5.02 Å². The highest BCUT2D eigenvalue weighted by Crippen LogP contribution is 2.22. The van der Waals surface area contributed by atoms with Gasteiger partial charge in [-0.25, -0.2) is 0 Å². The summed E-state index contributed by atoms with van der Waals surface area (Å²) in [5.41, 5.74) is 7.24. The Kier molecular flexibility index (Phi) is 6.93. The minimum Gasteiger partial charge on any atom is -0.327 e. The van der Waals surface area contributed by atoms with Crippen LogP contribution in [0.5, 0.6) is 0 Å². The third kappa shape index (κ3) is 6.14. The Morgan fingerprint density at radius 2 is 2.06 bits per heavy atom. The van der Waals surface area contributed by atoms with Gasteiger partial charge in [-0.2, -0.15) is 11.8 Å². The van der Waals surface area contributed by atoms with Crippen LogP contribution in [0, 0.1) is 5.92 Å². The first-order chi connectivity index (χ1) is 7.99. The Hall–Kier alpha value is 0.300. The molecule has 17 heavy (non-hydrogen) atoms. The molecule has 2 N–H and O–H groups in total. The molecule has 0 saturated heterocycles. The van der Waals surface area contributed by atoms with Crippen molar-refractivity contribution in [2.45, 2.75) is 26.3 Å². The fourth-order valence-electron chi connectivity index (χ4n) is 1.48. The average molecular weight is 337 g/mol. The van der Waals surface area contributed by atoms with Crippen LogP contribution in [0.1, 0.15) is 19.4 Å². The van der Waals surface area contributed by atoms with Gasteiger partial charge in [-0.05, 0) is 35.8 Å². The predicted molar refractivity (Wildman–Crippen MR) is 83.0 cm³/mol. The number of thioether (sulfide) groups is 1. The molecule has 0 aliphatic heterocycles. The highest BCUT2D eigenvalue weighted by molar-refractivity contribution is 9.10. The lowest BCUT2D eigenvalue weighted by Crippen LogP contribution is -2.26. The molecule has 96 valence electrons. The molecule has 0 amide bonds. The second kappa shape index (κ2) is 7.67. The van der Waals surface area contributed by atoms with Crippen molar-refractivity contribution in [3.63, 3.8) is 0 Å². The normalized spacial score (nSPS) is 13.1. The van der Waals surface area contributed by atoms with Crippen LogP contribution in [0.25, 0.3) is 0 Å². The molecule has 1 atom stereocenters. The second-order valence-electron chi connectivity index (χ2n) is 4.63. The molecule has 0 saturated carbocycles. The Morgan fingerprint density at radius 3 is 2.65 bits per heavy atom. The van der Waals surface area contributed by atoms with E-state index in [4.69, 9.17) is 17.3 Å². The van der Waals surface area contributed by atoms with E-state index in [-0.39, 0.29) is 6.04 Å². The molecule has 0 radical (unpaired) electrons. The quantitative estimate of drug-likeness (QED) is 0.835. The molecule has 0 spiro atoms. The van der Waals surface area contributed by atoms with E-state index in [1.807, 2.05) is 30.0 Å². The van der Waals surface area contributed by atoms with Crippen LogP contribution < -0.4 is 5.73 Å². The summed E-state index contributed by atoms with van der Waals surface area (Å²) >= 11 is 11.5. The molecule has 1 unspecified atom stereocenters. The van der Waals surface area contributed by atoms with Crippen molar-refractivity contribution < 1.29 is 0 Å². The molecule has 1 aromatic rings. The molecule has 0 aromatic heterocycles. The summed E-state index contributed by atoms with van der Waals surface area (Å²) in [4.78, 5) is 0. The van der Waals surface area contributed by atoms with E-state index >= 15 is 0 Å². The summed E-state index contributed by atoms with van der Waals surface area (Å²) in [7, 11) is 0. The number of benzene rings is 1. The second-order valence-corrected chi connectivity index (χ2v) is 7.03. The fraction of sp³-hybridized carbons (Fsp3) is 0.538. The van der Waals surface area contributed by atoms with Gasteiger partial charge in [-0.3, -0.25) is 0 Å². The standard InChI is InChI=1S/C13H19BrClNS/c1-9(2)7-17-8-12(16)5-10-3-4-11(14)6-13(10)15/h3-4,6,9,12H,5,7-8,16H2,1-2H3. The zero-order chi connectivity index (χ0) is 12.8. The van der Waals surface area contributed by atoms with Crippen molar-refractivity contribution in [2.24, 2.45) is 11.7 Å². The number of hydrogen-bond donors (Lipinski definition) is 1. The van der Waals surface area contributed by atoms with Gasteiger partial charge in [-0.15, -0.1) is 0 Å². The molecule has 0 aliphatic carbocycles. The van der Waals surface area contributed by atoms with Crippen molar-refractivity contribution in [1.29, 1.82) is 0 Å². The highest BCUT2D eigenvalue weighted by atomic mass is 79.9. The van der Waals surface area contributed by atoms with Crippen molar-refractivity contribution in [3.8, 4) is 0 Å². The molecule has 0 heterocycles. The Labute approximate surface area is 122 Å². The minimum atomic E-state index is 0.178. The maximum atomic E-state index is 6.17. The van der Waals surface area contributed by atoms with E-state index in [0.29, 0.717) is 0 Å². The Balaban J connectivity index is 2.42. The van der Waals surface area contributed by atoms with Crippen LogP contribution in [0.3, 0.4) is 0 Å².